The molecule has 0 amide bonds. The van der Waals surface area contributed by atoms with Gasteiger partial charge in [-0.1, -0.05) is 101 Å². The van der Waals surface area contributed by atoms with Crippen LogP contribution in [0.4, 0.5) is 0 Å². The lowest BCUT2D eigenvalue weighted by atomic mass is 10.1. The van der Waals surface area contributed by atoms with Crippen molar-refractivity contribution in [1.82, 2.24) is 0 Å². The molecule has 0 aliphatic heterocycles. The summed E-state index contributed by atoms with van der Waals surface area (Å²) in [6.45, 7) is 14.7. The van der Waals surface area contributed by atoms with Crippen molar-refractivity contribution in [3.05, 3.63) is 48.0 Å². The Morgan fingerprint density at radius 1 is 0.810 bits per heavy atom. The zero-order chi connectivity index (χ0) is 15.9. The van der Waals surface area contributed by atoms with Crippen molar-refractivity contribution < 1.29 is 0 Å². The summed E-state index contributed by atoms with van der Waals surface area (Å²) in [5.74, 6) is 0. The van der Waals surface area contributed by atoms with Crippen LogP contribution in [0.25, 0.3) is 0 Å². The first kappa shape index (κ1) is 18.2. The Labute approximate surface area is 133 Å². The van der Waals surface area contributed by atoms with Gasteiger partial charge in [0.2, 0.25) is 0 Å². The molecule has 1 heteroatoms. The van der Waals surface area contributed by atoms with Crippen molar-refractivity contribution >= 4 is 8.07 Å². The normalized spacial score (nSPS) is 13.0. The zero-order valence-corrected chi connectivity index (χ0v) is 15.9. The first-order valence-corrected chi connectivity index (χ1v) is 11.0. The second-order valence-corrected chi connectivity index (χ2v) is 13.4. The summed E-state index contributed by atoms with van der Waals surface area (Å²) in [7, 11) is -1.24. The molecule has 0 aromatic heterocycles. The van der Waals surface area contributed by atoms with Crippen molar-refractivity contribution in [2.24, 2.45) is 0 Å². The Morgan fingerprint density at radius 2 is 1.33 bits per heavy atom. The Bertz CT molecular complexity index is 393. The van der Waals surface area contributed by atoms with Gasteiger partial charge in [-0.3, -0.25) is 0 Å². The van der Waals surface area contributed by atoms with Gasteiger partial charge >= 0.3 is 0 Å². The third-order valence-electron chi connectivity index (χ3n) is 5.31. The first-order valence-electron chi connectivity index (χ1n) is 8.60. The van der Waals surface area contributed by atoms with Crippen LogP contribution in [0.1, 0.15) is 53.5 Å². The Balaban J connectivity index is 2.59. The number of hydrogen-bond acceptors (Lipinski definition) is 0. The minimum atomic E-state index is -1.24. The van der Waals surface area contributed by atoms with Gasteiger partial charge in [-0.25, -0.2) is 0 Å². The van der Waals surface area contributed by atoms with Crippen molar-refractivity contribution in [1.29, 1.82) is 0 Å². The molecule has 0 radical (unpaired) electrons. The highest BCUT2D eigenvalue weighted by atomic mass is 28.3. The molecule has 0 N–H and O–H groups in total. The molecule has 0 nitrogen and oxygen atoms in total. The van der Waals surface area contributed by atoms with Gasteiger partial charge < -0.3 is 0 Å². The van der Waals surface area contributed by atoms with E-state index in [4.69, 9.17) is 0 Å². The van der Waals surface area contributed by atoms with Crippen molar-refractivity contribution in [3.63, 3.8) is 0 Å². The molecule has 0 heterocycles. The van der Waals surface area contributed by atoms with Gasteiger partial charge in [0, 0.05) is 0 Å². The van der Waals surface area contributed by atoms with Crippen LogP contribution in [0.3, 0.4) is 0 Å². The van der Waals surface area contributed by atoms with E-state index in [0.717, 1.165) is 23.0 Å². The van der Waals surface area contributed by atoms with Crippen LogP contribution in [0.5, 0.6) is 0 Å². The molecule has 1 aromatic carbocycles. The number of benzene rings is 1. The largest absolute Gasteiger partial charge is 0.0911 e. The smallest absolute Gasteiger partial charge is 0.0650 e. The average Bonchev–Trinajstić information content (AvgIpc) is 2.42. The molecule has 0 atom stereocenters. The van der Waals surface area contributed by atoms with Gasteiger partial charge in [0.1, 0.15) is 0 Å². The van der Waals surface area contributed by atoms with Crippen molar-refractivity contribution in [2.75, 3.05) is 0 Å². The van der Waals surface area contributed by atoms with Gasteiger partial charge in [-0.05, 0) is 24.4 Å². The van der Waals surface area contributed by atoms with Gasteiger partial charge in [-0.15, -0.1) is 0 Å². The molecule has 0 saturated heterocycles. The maximum Gasteiger partial charge on any atom is 0.0650 e. The van der Waals surface area contributed by atoms with E-state index in [1.807, 2.05) is 0 Å². The average molecular weight is 303 g/mol. The van der Waals surface area contributed by atoms with E-state index in [1.54, 1.807) is 0 Å². The Morgan fingerprint density at radius 3 is 1.81 bits per heavy atom. The lowest BCUT2D eigenvalue weighted by molar-refractivity contribution is 0.810. The van der Waals surface area contributed by atoms with E-state index in [0.29, 0.717) is 0 Å². The number of aryl methyl sites for hydroxylation is 1. The third kappa shape index (κ3) is 4.84. The topological polar surface area (TPSA) is 0 Å². The number of allylic oxidation sites excluding steroid dienone is 2. The summed E-state index contributed by atoms with van der Waals surface area (Å²) < 4.78 is 0. The van der Waals surface area contributed by atoms with Gasteiger partial charge in [0.25, 0.3) is 0 Å². The molecule has 0 spiro atoms. The molecular formula is C20H34Si. The fourth-order valence-electron chi connectivity index (χ4n) is 4.01. The fourth-order valence-corrected chi connectivity index (χ4v) is 10.00. The van der Waals surface area contributed by atoms with E-state index in [9.17, 15) is 0 Å². The minimum Gasteiger partial charge on any atom is -0.0911 e. The molecule has 1 rings (SSSR count). The van der Waals surface area contributed by atoms with Gasteiger partial charge in [-0.2, -0.15) is 0 Å². The van der Waals surface area contributed by atoms with Crippen LogP contribution in [0.15, 0.2) is 42.5 Å². The predicted molar refractivity (Wildman–Crippen MR) is 99.8 cm³/mol. The minimum absolute atomic E-state index is 0.858. The maximum atomic E-state index is 2.50. The summed E-state index contributed by atoms with van der Waals surface area (Å²) in [4.78, 5) is 0. The second-order valence-electron chi connectivity index (χ2n) is 7.28. The summed E-state index contributed by atoms with van der Waals surface area (Å²) in [6, 6.07) is 12.1. The van der Waals surface area contributed by atoms with E-state index >= 15 is 0 Å². The second kappa shape index (κ2) is 8.58. The van der Waals surface area contributed by atoms with Gasteiger partial charge in [0.15, 0.2) is 0 Å². The molecule has 0 bridgehead atoms. The molecule has 21 heavy (non-hydrogen) atoms. The highest BCUT2D eigenvalue weighted by Gasteiger charge is 2.41. The number of hydrogen-bond donors (Lipinski definition) is 0. The lowest BCUT2D eigenvalue weighted by Gasteiger charge is -2.42. The Hall–Kier alpha value is -0.823. The highest BCUT2D eigenvalue weighted by Crippen LogP contribution is 2.44. The lowest BCUT2D eigenvalue weighted by Crippen LogP contribution is -2.43. The van der Waals surface area contributed by atoms with E-state index in [2.05, 4.69) is 84.0 Å². The molecule has 0 saturated carbocycles. The van der Waals surface area contributed by atoms with E-state index in [-0.39, 0.29) is 0 Å². The van der Waals surface area contributed by atoms with Gasteiger partial charge in [0.05, 0.1) is 8.07 Å². The SMILES string of the molecule is CC(C)[Si](C/C=C/CCc1ccccc1)(C(C)C)C(C)C. The summed E-state index contributed by atoms with van der Waals surface area (Å²) >= 11 is 0. The van der Waals surface area contributed by atoms with Crippen molar-refractivity contribution in [3.8, 4) is 0 Å². The quantitative estimate of drug-likeness (QED) is 0.363. The van der Waals surface area contributed by atoms with Crippen LogP contribution >= 0.6 is 0 Å². The standard InChI is InChI=1S/C20H34Si/c1-17(2)21(18(3)4,19(5)6)16-12-8-11-15-20-13-9-7-10-14-20/h7-10,12-14,17-19H,11,15-16H2,1-6H3/b12-8+. The van der Waals surface area contributed by atoms with Crippen LogP contribution in [-0.4, -0.2) is 8.07 Å². The van der Waals surface area contributed by atoms with Crippen molar-refractivity contribution in [2.45, 2.75) is 77.1 Å². The molecule has 0 unspecified atom stereocenters. The molecule has 1 aromatic rings. The molecule has 0 aliphatic carbocycles. The molecular weight excluding hydrogens is 268 g/mol. The van der Waals surface area contributed by atoms with E-state index in [1.165, 1.54) is 18.0 Å². The molecule has 118 valence electrons. The number of rotatable bonds is 8. The Kier molecular flexibility index (Phi) is 7.45. The van der Waals surface area contributed by atoms with Crippen LogP contribution in [0, 0.1) is 0 Å². The summed E-state index contributed by atoms with van der Waals surface area (Å²) in [5.41, 5.74) is 4.02. The highest BCUT2D eigenvalue weighted by molar-refractivity contribution is 6.83. The van der Waals surface area contributed by atoms with E-state index < -0.39 is 8.07 Å². The zero-order valence-electron chi connectivity index (χ0n) is 14.9. The molecule has 0 aliphatic rings. The molecule has 0 fully saturated rings. The summed E-state index contributed by atoms with van der Waals surface area (Å²) in [5, 5.41) is 0. The predicted octanol–water partition coefficient (Wildman–Crippen LogP) is 6.85. The first-order chi connectivity index (χ1) is 9.91. The van der Waals surface area contributed by atoms with Crippen LogP contribution < -0.4 is 0 Å². The third-order valence-corrected chi connectivity index (χ3v) is 12.7. The monoisotopic (exact) mass is 302 g/mol. The van der Waals surface area contributed by atoms with Crippen LogP contribution in [-0.2, 0) is 6.42 Å². The van der Waals surface area contributed by atoms with Crippen LogP contribution in [0.2, 0.25) is 22.7 Å². The maximum absolute atomic E-state index is 2.50. The fraction of sp³-hybridized carbons (Fsp3) is 0.600. The summed E-state index contributed by atoms with van der Waals surface area (Å²) in [6.07, 6.45) is 7.25.